The molecule has 0 bridgehead atoms. The van der Waals surface area contributed by atoms with E-state index in [-0.39, 0.29) is 5.91 Å². The van der Waals surface area contributed by atoms with Crippen LogP contribution in [0, 0.1) is 0 Å². The van der Waals surface area contributed by atoms with Gasteiger partial charge in [0.05, 0.1) is 6.42 Å². The van der Waals surface area contributed by atoms with Crippen LogP contribution >= 0.6 is 0 Å². The van der Waals surface area contributed by atoms with Crippen molar-refractivity contribution in [1.82, 2.24) is 5.32 Å². The van der Waals surface area contributed by atoms with Crippen LogP contribution in [0.4, 0.5) is 0 Å². The molecular weight excluding hydrogens is 162 g/mol. The highest BCUT2D eigenvalue weighted by atomic mass is 16.1. The third-order valence-electron chi connectivity index (χ3n) is 1.40. The molecule has 0 spiro atoms. The summed E-state index contributed by atoms with van der Waals surface area (Å²) in [5.74, 6) is 0.0520. The molecule has 13 heavy (non-hydrogen) atoms. The van der Waals surface area contributed by atoms with Crippen LogP contribution in [-0.2, 0) is 4.79 Å². The molecule has 0 rings (SSSR count). The van der Waals surface area contributed by atoms with Crippen LogP contribution in [0.1, 0.15) is 20.3 Å². The summed E-state index contributed by atoms with van der Waals surface area (Å²) in [5, 5.41) is 2.57. The number of rotatable bonds is 3. The Morgan fingerprint density at radius 1 is 1.38 bits per heavy atom. The standard InChI is InChI=1S/C9H15NO.C2H4/c1-4-6-8(5-2)7-9(11)10-3;1-2/h4-6H,7H2,1-3H3,(H,10,11);1-2H2/b6-4-,8-5+;. The fourth-order valence-electron chi connectivity index (χ4n) is 0.745. The zero-order chi connectivity index (χ0) is 10.7. The highest BCUT2D eigenvalue weighted by molar-refractivity contribution is 5.78. The Kier molecular flexibility index (Phi) is 11.7. The van der Waals surface area contributed by atoms with Crippen molar-refractivity contribution in [2.24, 2.45) is 0 Å². The number of carbonyl (C=O) groups excluding carboxylic acids is 1. The second-order valence-electron chi connectivity index (χ2n) is 2.21. The lowest BCUT2D eigenvalue weighted by Crippen LogP contribution is -2.17. The Bertz CT molecular complexity index is 192. The summed E-state index contributed by atoms with van der Waals surface area (Å²) in [7, 11) is 1.64. The van der Waals surface area contributed by atoms with Crippen molar-refractivity contribution in [2.75, 3.05) is 7.05 Å². The molecule has 0 atom stereocenters. The SMILES string of the molecule is C/C=C\C(=C/C)CC(=O)NC.C=C. The molecule has 0 saturated carbocycles. The molecule has 0 saturated heterocycles. The van der Waals surface area contributed by atoms with Crippen molar-refractivity contribution >= 4 is 5.91 Å². The highest BCUT2D eigenvalue weighted by Gasteiger charge is 1.98. The van der Waals surface area contributed by atoms with Gasteiger partial charge in [0.2, 0.25) is 5.91 Å². The quantitative estimate of drug-likeness (QED) is 0.526. The molecule has 0 radical (unpaired) electrons. The minimum atomic E-state index is 0.0520. The highest BCUT2D eigenvalue weighted by Crippen LogP contribution is 2.02. The third-order valence-corrected chi connectivity index (χ3v) is 1.40. The van der Waals surface area contributed by atoms with Gasteiger partial charge in [0.25, 0.3) is 0 Å². The normalized spacial score (nSPS) is 10.5. The van der Waals surface area contributed by atoms with E-state index in [4.69, 9.17) is 0 Å². The maximum atomic E-state index is 10.9. The molecule has 1 amide bonds. The summed E-state index contributed by atoms with van der Waals surface area (Å²) >= 11 is 0. The number of carbonyl (C=O) groups is 1. The summed E-state index contributed by atoms with van der Waals surface area (Å²) in [6.07, 6.45) is 6.28. The second-order valence-corrected chi connectivity index (χ2v) is 2.21. The molecule has 74 valence electrons. The Balaban J connectivity index is 0. The van der Waals surface area contributed by atoms with Gasteiger partial charge in [-0.15, -0.1) is 13.2 Å². The van der Waals surface area contributed by atoms with E-state index in [9.17, 15) is 4.79 Å². The van der Waals surface area contributed by atoms with Crippen molar-refractivity contribution in [2.45, 2.75) is 20.3 Å². The van der Waals surface area contributed by atoms with Crippen LogP contribution in [0.15, 0.2) is 37.0 Å². The van der Waals surface area contributed by atoms with Crippen molar-refractivity contribution < 1.29 is 4.79 Å². The average molecular weight is 181 g/mol. The van der Waals surface area contributed by atoms with Gasteiger partial charge >= 0.3 is 0 Å². The van der Waals surface area contributed by atoms with Gasteiger partial charge in [-0.25, -0.2) is 0 Å². The first-order chi connectivity index (χ1) is 6.24. The van der Waals surface area contributed by atoms with Gasteiger partial charge in [0, 0.05) is 7.05 Å². The van der Waals surface area contributed by atoms with Crippen LogP contribution in [0.2, 0.25) is 0 Å². The number of hydrogen-bond donors (Lipinski definition) is 1. The fourth-order valence-corrected chi connectivity index (χ4v) is 0.745. The van der Waals surface area contributed by atoms with Crippen molar-refractivity contribution in [3.8, 4) is 0 Å². The molecule has 0 aliphatic carbocycles. The van der Waals surface area contributed by atoms with E-state index in [1.807, 2.05) is 32.1 Å². The zero-order valence-electron chi connectivity index (χ0n) is 8.76. The number of hydrogen-bond acceptors (Lipinski definition) is 1. The van der Waals surface area contributed by atoms with Crippen molar-refractivity contribution in [1.29, 1.82) is 0 Å². The molecule has 2 nitrogen and oxygen atoms in total. The van der Waals surface area contributed by atoms with E-state index < -0.39 is 0 Å². The number of nitrogens with one attached hydrogen (secondary N) is 1. The van der Waals surface area contributed by atoms with Crippen LogP contribution < -0.4 is 5.32 Å². The van der Waals surface area contributed by atoms with E-state index in [0.29, 0.717) is 6.42 Å². The summed E-state index contributed by atoms with van der Waals surface area (Å²) in [5.41, 5.74) is 1.05. The lowest BCUT2D eigenvalue weighted by atomic mass is 10.1. The fraction of sp³-hybridized carbons (Fsp3) is 0.364. The Labute approximate surface area is 81.0 Å². The lowest BCUT2D eigenvalue weighted by molar-refractivity contribution is -0.119. The summed E-state index contributed by atoms with van der Waals surface area (Å²) in [6.45, 7) is 9.87. The molecule has 0 aliphatic rings. The minimum Gasteiger partial charge on any atom is -0.359 e. The van der Waals surface area contributed by atoms with E-state index in [0.717, 1.165) is 5.57 Å². The molecule has 0 aromatic heterocycles. The van der Waals surface area contributed by atoms with Crippen LogP contribution in [-0.4, -0.2) is 13.0 Å². The molecule has 0 aromatic carbocycles. The Morgan fingerprint density at radius 2 is 1.92 bits per heavy atom. The van der Waals surface area contributed by atoms with E-state index in [1.54, 1.807) is 7.05 Å². The van der Waals surface area contributed by atoms with Gasteiger partial charge in [-0.2, -0.15) is 0 Å². The van der Waals surface area contributed by atoms with Gasteiger partial charge < -0.3 is 5.32 Å². The third kappa shape index (κ3) is 8.60. The van der Waals surface area contributed by atoms with E-state index >= 15 is 0 Å². The van der Waals surface area contributed by atoms with Crippen LogP contribution in [0.5, 0.6) is 0 Å². The van der Waals surface area contributed by atoms with Crippen molar-refractivity contribution in [3.63, 3.8) is 0 Å². The summed E-state index contributed by atoms with van der Waals surface area (Å²) in [6, 6.07) is 0. The molecule has 2 heteroatoms. The number of allylic oxidation sites excluding steroid dienone is 3. The molecule has 0 unspecified atom stereocenters. The lowest BCUT2D eigenvalue weighted by Gasteiger charge is -1.98. The predicted molar refractivity (Wildman–Crippen MR) is 58.5 cm³/mol. The monoisotopic (exact) mass is 181 g/mol. The first-order valence-corrected chi connectivity index (χ1v) is 4.23. The molecule has 0 aliphatic heterocycles. The van der Waals surface area contributed by atoms with E-state index in [1.165, 1.54) is 0 Å². The Hall–Kier alpha value is -1.31. The maximum Gasteiger partial charge on any atom is 0.224 e. The first kappa shape index (κ1) is 14.2. The van der Waals surface area contributed by atoms with Crippen LogP contribution in [0.25, 0.3) is 0 Å². The molecule has 0 aromatic rings. The zero-order valence-corrected chi connectivity index (χ0v) is 8.76. The topological polar surface area (TPSA) is 29.1 Å². The minimum absolute atomic E-state index is 0.0520. The first-order valence-electron chi connectivity index (χ1n) is 4.23. The van der Waals surface area contributed by atoms with Crippen LogP contribution in [0.3, 0.4) is 0 Å². The average Bonchev–Trinajstić information content (AvgIpc) is 2.20. The maximum absolute atomic E-state index is 10.9. The summed E-state index contributed by atoms with van der Waals surface area (Å²) < 4.78 is 0. The Morgan fingerprint density at radius 3 is 2.23 bits per heavy atom. The van der Waals surface area contributed by atoms with Gasteiger partial charge in [0.15, 0.2) is 0 Å². The summed E-state index contributed by atoms with van der Waals surface area (Å²) in [4.78, 5) is 10.9. The second kappa shape index (κ2) is 10.7. The smallest absolute Gasteiger partial charge is 0.224 e. The van der Waals surface area contributed by atoms with Gasteiger partial charge in [-0.05, 0) is 19.4 Å². The van der Waals surface area contributed by atoms with Crippen molar-refractivity contribution in [3.05, 3.63) is 37.0 Å². The molecule has 0 fully saturated rings. The molecule has 1 N–H and O–H groups in total. The largest absolute Gasteiger partial charge is 0.359 e. The van der Waals surface area contributed by atoms with Gasteiger partial charge in [0.1, 0.15) is 0 Å². The number of amides is 1. The predicted octanol–water partition coefficient (Wildman–Crippen LogP) is 2.45. The van der Waals surface area contributed by atoms with E-state index in [2.05, 4.69) is 18.5 Å². The van der Waals surface area contributed by atoms with Gasteiger partial charge in [-0.1, -0.05) is 18.2 Å². The van der Waals surface area contributed by atoms with Gasteiger partial charge in [-0.3, -0.25) is 4.79 Å². The molecular formula is C11H19NO. The molecule has 0 heterocycles.